The molecule has 1 aliphatic heterocycles. The largest absolute Gasteiger partial charge is 0.417 e. The number of alkyl halides is 3. The maximum absolute atomic E-state index is 13.1. The number of nitrogens with one attached hydrogen (secondary N) is 2. The highest BCUT2D eigenvalue weighted by atomic mass is 32.1. The Bertz CT molecular complexity index is 1190. The molecule has 0 atom stereocenters. The fourth-order valence-corrected chi connectivity index (χ4v) is 3.96. The second kappa shape index (κ2) is 7.69. The average Bonchev–Trinajstić information content (AvgIpc) is 3.28. The number of halogens is 3. The predicted molar refractivity (Wildman–Crippen MR) is 116 cm³/mol. The van der Waals surface area contributed by atoms with E-state index in [1.165, 1.54) is 14.0 Å². The fourth-order valence-electron chi connectivity index (χ4n) is 3.37. The van der Waals surface area contributed by atoms with Gasteiger partial charge in [0.25, 0.3) is 0 Å². The first-order valence-electron chi connectivity index (χ1n) is 9.63. The third-order valence-electron chi connectivity index (χ3n) is 5.00. The van der Waals surface area contributed by atoms with Crippen LogP contribution >= 0.6 is 11.5 Å². The van der Waals surface area contributed by atoms with Crippen LogP contribution in [-0.2, 0) is 17.4 Å². The third kappa shape index (κ3) is 4.35. The summed E-state index contributed by atoms with van der Waals surface area (Å²) in [7, 11) is 1.37. The van der Waals surface area contributed by atoms with Gasteiger partial charge in [-0.15, -0.1) is 0 Å². The molecule has 0 bridgehead atoms. The first kappa shape index (κ1) is 21.9. The number of nitrogens with zero attached hydrogens (tertiary/aromatic N) is 5. The summed E-state index contributed by atoms with van der Waals surface area (Å²) in [6, 6.07) is 2.81. The zero-order valence-corrected chi connectivity index (χ0v) is 18.5. The van der Waals surface area contributed by atoms with E-state index in [1.807, 2.05) is 6.07 Å². The van der Waals surface area contributed by atoms with Gasteiger partial charge in [-0.1, -0.05) is 0 Å². The van der Waals surface area contributed by atoms with Crippen molar-refractivity contribution in [3.05, 3.63) is 35.7 Å². The summed E-state index contributed by atoms with van der Waals surface area (Å²) >= 11 is 1.10. The zero-order chi connectivity index (χ0) is 23.3. The van der Waals surface area contributed by atoms with Crippen molar-refractivity contribution < 1.29 is 18.0 Å². The van der Waals surface area contributed by atoms with Gasteiger partial charge in [-0.05, 0) is 49.5 Å². The molecule has 3 aromatic heterocycles. The Hall–Kier alpha value is -3.28. The molecule has 0 saturated heterocycles. The lowest BCUT2D eigenvalue weighted by Crippen LogP contribution is -2.27. The summed E-state index contributed by atoms with van der Waals surface area (Å²) < 4.78 is 43.6. The lowest BCUT2D eigenvalue weighted by atomic mass is 10.0. The highest BCUT2D eigenvalue weighted by Crippen LogP contribution is 2.36. The molecule has 4 rings (SSSR count). The molecule has 0 unspecified atom stereocenters. The molecule has 1 aliphatic rings. The number of carbonyl (C=O) groups is 1. The van der Waals surface area contributed by atoms with Gasteiger partial charge < -0.3 is 15.5 Å². The molecule has 0 fully saturated rings. The van der Waals surface area contributed by atoms with Crippen LogP contribution in [0.5, 0.6) is 0 Å². The molecular formula is C20H20F3N7OS. The molecule has 32 heavy (non-hydrogen) atoms. The summed E-state index contributed by atoms with van der Waals surface area (Å²) in [4.78, 5) is 25.6. The van der Waals surface area contributed by atoms with E-state index in [-0.39, 0.29) is 23.0 Å². The Morgan fingerprint density at radius 1 is 1.25 bits per heavy atom. The van der Waals surface area contributed by atoms with Crippen LogP contribution in [0, 0.1) is 0 Å². The van der Waals surface area contributed by atoms with Crippen molar-refractivity contribution in [3.63, 3.8) is 0 Å². The van der Waals surface area contributed by atoms with Crippen LogP contribution in [0.25, 0.3) is 10.7 Å². The fraction of sp³-hybridized carbons (Fsp3) is 0.350. The standard InChI is InChI=1S/C20H20F3N7OS/c1-10(31)30(4)15-6-12(20(21,22)23)8-25-16(15)26-18-27-17(32-29-18)13-5-11-7-19(2,3)28-14(11)9-24-13/h5-6,8-9,28H,7H2,1-4H3,(H,25,26,29). The van der Waals surface area contributed by atoms with Crippen molar-refractivity contribution in [2.75, 3.05) is 22.6 Å². The van der Waals surface area contributed by atoms with E-state index in [0.717, 1.165) is 40.2 Å². The van der Waals surface area contributed by atoms with Crippen LogP contribution in [0.3, 0.4) is 0 Å². The number of hydrogen-bond donors (Lipinski definition) is 2. The van der Waals surface area contributed by atoms with Crippen LogP contribution in [0.4, 0.5) is 36.3 Å². The lowest BCUT2D eigenvalue weighted by Gasteiger charge is -2.20. The van der Waals surface area contributed by atoms with E-state index in [2.05, 4.69) is 43.8 Å². The number of hydrogen-bond acceptors (Lipinski definition) is 8. The van der Waals surface area contributed by atoms with Crippen molar-refractivity contribution >= 4 is 40.6 Å². The van der Waals surface area contributed by atoms with E-state index in [1.54, 1.807) is 6.20 Å². The molecule has 2 N–H and O–H groups in total. The van der Waals surface area contributed by atoms with Crippen molar-refractivity contribution in [2.24, 2.45) is 0 Å². The zero-order valence-electron chi connectivity index (χ0n) is 17.7. The van der Waals surface area contributed by atoms with Gasteiger partial charge in [0, 0.05) is 25.7 Å². The third-order valence-corrected chi connectivity index (χ3v) is 5.74. The Morgan fingerprint density at radius 2 is 2.00 bits per heavy atom. The Kier molecular flexibility index (Phi) is 5.27. The van der Waals surface area contributed by atoms with E-state index in [0.29, 0.717) is 16.9 Å². The smallest absolute Gasteiger partial charge is 0.378 e. The van der Waals surface area contributed by atoms with Crippen molar-refractivity contribution in [1.82, 2.24) is 19.3 Å². The van der Waals surface area contributed by atoms with E-state index in [9.17, 15) is 18.0 Å². The minimum atomic E-state index is -4.59. The minimum Gasteiger partial charge on any atom is -0.378 e. The quantitative estimate of drug-likeness (QED) is 0.589. The number of anilines is 4. The van der Waals surface area contributed by atoms with Crippen LogP contribution in [0.15, 0.2) is 24.5 Å². The molecule has 0 aliphatic carbocycles. The molecule has 3 aromatic rings. The van der Waals surface area contributed by atoms with E-state index in [4.69, 9.17) is 0 Å². The number of pyridine rings is 2. The maximum atomic E-state index is 13.1. The summed E-state index contributed by atoms with van der Waals surface area (Å²) in [5.41, 5.74) is 1.70. The monoisotopic (exact) mass is 463 g/mol. The van der Waals surface area contributed by atoms with Crippen molar-refractivity contribution in [1.29, 1.82) is 0 Å². The summed E-state index contributed by atoms with van der Waals surface area (Å²) in [6.45, 7) is 5.46. The second-order valence-electron chi connectivity index (χ2n) is 8.13. The topological polar surface area (TPSA) is 95.9 Å². The molecule has 0 saturated carbocycles. The summed E-state index contributed by atoms with van der Waals surface area (Å²) in [5.74, 6) is -0.260. The number of rotatable bonds is 4. The van der Waals surface area contributed by atoms with Crippen LogP contribution < -0.4 is 15.5 Å². The number of fused-ring (bicyclic) bond motifs is 1. The second-order valence-corrected chi connectivity index (χ2v) is 8.88. The normalized spacial score (nSPS) is 14.6. The van der Waals surface area contributed by atoms with Crippen LogP contribution in [0.1, 0.15) is 31.9 Å². The van der Waals surface area contributed by atoms with Crippen LogP contribution in [-0.4, -0.2) is 37.8 Å². The minimum absolute atomic E-state index is 0.0346. The molecule has 0 radical (unpaired) electrons. The molecule has 1 amide bonds. The Balaban J connectivity index is 1.62. The van der Waals surface area contributed by atoms with Crippen molar-refractivity contribution in [3.8, 4) is 10.7 Å². The lowest BCUT2D eigenvalue weighted by molar-refractivity contribution is -0.137. The van der Waals surface area contributed by atoms with E-state index < -0.39 is 17.6 Å². The number of amides is 1. The Morgan fingerprint density at radius 3 is 2.69 bits per heavy atom. The van der Waals surface area contributed by atoms with Gasteiger partial charge in [-0.3, -0.25) is 9.78 Å². The molecule has 4 heterocycles. The first-order chi connectivity index (χ1) is 14.9. The molecule has 8 nitrogen and oxygen atoms in total. The van der Waals surface area contributed by atoms with Gasteiger partial charge in [0.1, 0.15) is 5.69 Å². The first-order valence-corrected chi connectivity index (χ1v) is 10.4. The summed E-state index contributed by atoms with van der Waals surface area (Å²) in [6.07, 6.45) is -1.29. The Labute approximate surface area is 186 Å². The molecule has 168 valence electrons. The average molecular weight is 463 g/mol. The van der Waals surface area contributed by atoms with Gasteiger partial charge in [0.2, 0.25) is 11.9 Å². The van der Waals surface area contributed by atoms with Gasteiger partial charge in [-0.2, -0.15) is 22.5 Å². The SMILES string of the molecule is CC(=O)N(C)c1cc(C(F)(F)F)cnc1Nc1nsc(-c2cc3c(cn2)NC(C)(C)C3)n1. The number of aromatic nitrogens is 4. The highest BCUT2D eigenvalue weighted by molar-refractivity contribution is 7.09. The molecule has 0 aromatic carbocycles. The predicted octanol–water partition coefficient (Wildman–Crippen LogP) is 4.49. The molecular weight excluding hydrogens is 443 g/mol. The van der Waals surface area contributed by atoms with Crippen molar-refractivity contribution in [2.45, 2.75) is 38.9 Å². The highest BCUT2D eigenvalue weighted by Gasteiger charge is 2.33. The van der Waals surface area contributed by atoms with Gasteiger partial charge >= 0.3 is 6.18 Å². The summed E-state index contributed by atoms with van der Waals surface area (Å²) in [5, 5.41) is 6.77. The van der Waals surface area contributed by atoms with E-state index >= 15 is 0 Å². The molecule has 0 spiro atoms. The van der Waals surface area contributed by atoms with Gasteiger partial charge in [0.15, 0.2) is 10.8 Å². The van der Waals surface area contributed by atoms with Crippen LogP contribution in [0.2, 0.25) is 0 Å². The number of carbonyl (C=O) groups excluding carboxylic acids is 1. The van der Waals surface area contributed by atoms with Gasteiger partial charge in [0.05, 0.1) is 23.1 Å². The van der Waals surface area contributed by atoms with Gasteiger partial charge in [-0.25, -0.2) is 4.98 Å². The molecule has 12 heteroatoms. The maximum Gasteiger partial charge on any atom is 0.417 e.